The molecule has 1 aromatic heterocycles. The van der Waals surface area contributed by atoms with Gasteiger partial charge in [0.1, 0.15) is 5.82 Å². The minimum Gasteiger partial charge on any atom is -0.337 e. The Hall–Kier alpha value is -2.68. The number of benzene rings is 1. The number of ketones is 1. The summed E-state index contributed by atoms with van der Waals surface area (Å²) < 4.78 is 0. The Labute approximate surface area is 130 Å². The normalized spacial score (nSPS) is 18.2. The maximum Gasteiger partial charge on any atom is 0.182 e. The lowest BCUT2D eigenvalue weighted by atomic mass is 10.1. The molecule has 1 N–H and O–H groups in total. The zero-order valence-corrected chi connectivity index (χ0v) is 12.5. The fourth-order valence-corrected chi connectivity index (χ4v) is 2.55. The Morgan fingerprint density at radius 1 is 1.09 bits per heavy atom. The van der Waals surface area contributed by atoms with Crippen LogP contribution in [0.1, 0.15) is 18.9 Å². The molecule has 1 aliphatic carbocycles. The second kappa shape index (κ2) is 6.39. The zero-order chi connectivity index (χ0) is 15.4. The average molecular weight is 290 g/mol. The molecule has 0 saturated carbocycles. The topological polar surface area (TPSA) is 42.0 Å². The number of nitrogens with zero attached hydrogens (tertiary/aromatic N) is 1. The van der Waals surface area contributed by atoms with E-state index in [0.717, 1.165) is 17.6 Å². The molecule has 22 heavy (non-hydrogen) atoms. The van der Waals surface area contributed by atoms with E-state index in [1.54, 1.807) is 6.20 Å². The van der Waals surface area contributed by atoms with Crippen LogP contribution in [0.5, 0.6) is 0 Å². The predicted molar refractivity (Wildman–Crippen MR) is 89.1 cm³/mol. The summed E-state index contributed by atoms with van der Waals surface area (Å²) in [6.07, 6.45) is 6.55. The Morgan fingerprint density at radius 3 is 2.59 bits per heavy atom. The quantitative estimate of drug-likeness (QED) is 0.923. The molecule has 3 rings (SSSR count). The Bertz CT molecular complexity index is 718. The number of Topliss-reactive ketones (excluding diaryl/α,β-unsaturated/α-hetero) is 1. The second-order valence-electron chi connectivity index (χ2n) is 5.45. The largest absolute Gasteiger partial charge is 0.337 e. The molecule has 3 heteroatoms. The first-order valence-corrected chi connectivity index (χ1v) is 7.42. The first-order chi connectivity index (χ1) is 10.7. The minimum atomic E-state index is 0.0154. The first kappa shape index (κ1) is 14.3. The number of aromatic nitrogens is 1. The maximum absolute atomic E-state index is 12.3. The van der Waals surface area contributed by atoms with Gasteiger partial charge >= 0.3 is 0 Å². The molecular formula is C19H18N2O. The number of pyridine rings is 1. The summed E-state index contributed by atoms with van der Waals surface area (Å²) in [7, 11) is 0. The van der Waals surface area contributed by atoms with Gasteiger partial charge in [-0.2, -0.15) is 0 Å². The van der Waals surface area contributed by atoms with Gasteiger partial charge in [0, 0.05) is 12.1 Å². The molecule has 0 aliphatic heterocycles. The molecule has 1 aromatic carbocycles. The summed E-state index contributed by atoms with van der Waals surface area (Å²) in [4.78, 5) is 16.6. The monoisotopic (exact) mass is 290 g/mol. The third-order valence-electron chi connectivity index (χ3n) is 3.74. The summed E-state index contributed by atoms with van der Waals surface area (Å²) in [6.45, 7) is 1.96. The lowest BCUT2D eigenvalue weighted by molar-refractivity contribution is -0.117. The molecule has 0 spiro atoms. The molecule has 0 radical (unpaired) electrons. The molecule has 1 atom stereocenters. The van der Waals surface area contributed by atoms with Crippen molar-refractivity contribution >= 4 is 17.7 Å². The fraction of sp³-hybridized carbons (Fsp3) is 0.158. The number of allylic oxidation sites excluding steroid dienone is 3. The van der Waals surface area contributed by atoms with Gasteiger partial charge in [-0.1, -0.05) is 55.5 Å². The van der Waals surface area contributed by atoms with E-state index in [-0.39, 0.29) is 11.7 Å². The summed E-state index contributed by atoms with van der Waals surface area (Å²) in [5, 5.41) is 3.18. The van der Waals surface area contributed by atoms with Gasteiger partial charge in [-0.3, -0.25) is 4.79 Å². The number of hydrogen-bond donors (Lipinski definition) is 1. The van der Waals surface area contributed by atoms with Crippen LogP contribution in [0, 0.1) is 5.92 Å². The molecule has 0 bridgehead atoms. The van der Waals surface area contributed by atoms with Gasteiger partial charge in [-0.25, -0.2) is 4.98 Å². The van der Waals surface area contributed by atoms with Gasteiger partial charge in [-0.05, 0) is 29.7 Å². The van der Waals surface area contributed by atoms with Crippen LogP contribution in [-0.4, -0.2) is 10.8 Å². The van der Waals surface area contributed by atoms with Crippen molar-refractivity contribution in [3.05, 3.63) is 77.6 Å². The standard InChI is InChI=1S/C19H18N2O/c1-14-13-16(11-10-15-7-3-2-4-8-15)18(19(14)22)21-17-9-5-6-12-20-17/h2-12,14H,13H2,1H3,(H,20,21)/b11-10+. The van der Waals surface area contributed by atoms with Crippen LogP contribution >= 0.6 is 0 Å². The van der Waals surface area contributed by atoms with E-state index in [1.165, 1.54) is 0 Å². The number of rotatable bonds is 4. The number of carbonyl (C=O) groups excluding carboxylic acids is 1. The highest BCUT2D eigenvalue weighted by Gasteiger charge is 2.28. The lowest BCUT2D eigenvalue weighted by Gasteiger charge is -2.07. The highest BCUT2D eigenvalue weighted by Crippen LogP contribution is 2.30. The van der Waals surface area contributed by atoms with Crippen molar-refractivity contribution in [1.29, 1.82) is 0 Å². The van der Waals surface area contributed by atoms with E-state index in [4.69, 9.17) is 0 Å². The molecule has 3 nitrogen and oxygen atoms in total. The summed E-state index contributed by atoms with van der Waals surface area (Å²) in [6, 6.07) is 15.7. The van der Waals surface area contributed by atoms with Gasteiger partial charge < -0.3 is 5.32 Å². The van der Waals surface area contributed by atoms with Crippen molar-refractivity contribution in [3.8, 4) is 0 Å². The van der Waals surface area contributed by atoms with E-state index in [2.05, 4.69) is 10.3 Å². The molecule has 110 valence electrons. The van der Waals surface area contributed by atoms with Crippen LogP contribution in [0.4, 0.5) is 5.82 Å². The van der Waals surface area contributed by atoms with Crippen molar-refractivity contribution in [1.82, 2.24) is 4.98 Å². The van der Waals surface area contributed by atoms with Crippen LogP contribution in [-0.2, 0) is 4.79 Å². The maximum atomic E-state index is 12.3. The van der Waals surface area contributed by atoms with Gasteiger partial charge in [0.2, 0.25) is 0 Å². The van der Waals surface area contributed by atoms with Crippen molar-refractivity contribution in [2.24, 2.45) is 5.92 Å². The summed E-state index contributed by atoms with van der Waals surface area (Å²) in [5.74, 6) is 0.866. The minimum absolute atomic E-state index is 0.0154. The van der Waals surface area contributed by atoms with E-state index in [9.17, 15) is 4.79 Å². The number of nitrogens with one attached hydrogen (secondary N) is 1. The summed E-state index contributed by atoms with van der Waals surface area (Å²) in [5.41, 5.74) is 2.82. The highest BCUT2D eigenvalue weighted by molar-refractivity contribution is 6.03. The van der Waals surface area contributed by atoms with Crippen LogP contribution in [0.15, 0.2) is 72.1 Å². The molecule has 1 unspecified atom stereocenters. The van der Waals surface area contributed by atoms with Crippen molar-refractivity contribution in [3.63, 3.8) is 0 Å². The van der Waals surface area contributed by atoms with Crippen molar-refractivity contribution in [2.75, 3.05) is 5.32 Å². The molecule has 0 saturated heterocycles. The highest BCUT2D eigenvalue weighted by atomic mass is 16.1. The van der Waals surface area contributed by atoms with Gasteiger partial charge in [0.15, 0.2) is 5.78 Å². The van der Waals surface area contributed by atoms with Crippen molar-refractivity contribution < 1.29 is 4.79 Å². The van der Waals surface area contributed by atoms with Gasteiger partial charge in [0.05, 0.1) is 5.70 Å². The SMILES string of the molecule is CC1CC(/C=C/c2ccccc2)=C(Nc2ccccn2)C1=O. The Balaban J connectivity index is 1.87. The number of anilines is 1. The molecule has 0 amide bonds. The molecule has 2 aromatic rings. The van der Waals surface area contributed by atoms with Crippen LogP contribution in [0.3, 0.4) is 0 Å². The van der Waals surface area contributed by atoms with E-state index >= 15 is 0 Å². The number of carbonyl (C=O) groups is 1. The van der Waals surface area contributed by atoms with E-state index < -0.39 is 0 Å². The first-order valence-electron chi connectivity index (χ1n) is 7.42. The third-order valence-corrected chi connectivity index (χ3v) is 3.74. The van der Waals surface area contributed by atoms with Gasteiger partial charge in [0.25, 0.3) is 0 Å². The van der Waals surface area contributed by atoms with Gasteiger partial charge in [-0.15, -0.1) is 0 Å². The third kappa shape index (κ3) is 3.14. The molecule has 0 fully saturated rings. The smallest absolute Gasteiger partial charge is 0.182 e. The van der Waals surface area contributed by atoms with Crippen LogP contribution < -0.4 is 5.32 Å². The number of hydrogen-bond acceptors (Lipinski definition) is 3. The van der Waals surface area contributed by atoms with Crippen LogP contribution in [0.2, 0.25) is 0 Å². The molecule has 1 aliphatic rings. The van der Waals surface area contributed by atoms with E-state index in [0.29, 0.717) is 11.5 Å². The Morgan fingerprint density at radius 2 is 1.86 bits per heavy atom. The molecular weight excluding hydrogens is 272 g/mol. The zero-order valence-electron chi connectivity index (χ0n) is 12.5. The molecule has 1 heterocycles. The fourth-order valence-electron chi connectivity index (χ4n) is 2.55. The second-order valence-corrected chi connectivity index (χ2v) is 5.45. The van der Waals surface area contributed by atoms with E-state index in [1.807, 2.05) is 67.6 Å². The predicted octanol–water partition coefficient (Wildman–Crippen LogP) is 4.07. The van der Waals surface area contributed by atoms with Crippen molar-refractivity contribution in [2.45, 2.75) is 13.3 Å². The summed E-state index contributed by atoms with van der Waals surface area (Å²) >= 11 is 0. The lowest BCUT2D eigenvalue weighted by Crippen LogP contribution is -2.13. The average Bonchev–Trinajstić information content (AvgIpc) is 2.83. The van der Waals surface area contributed by atoms with Crippen LogP contribution in [0.25, 0.3) is 6.08 Å². The Kier molecular flexibility index (Phi) is 4.15.